The third-order valence-corrected chi connectivity index (χ3v) is 7.78. The van der Waals surface area contributed by atoms with Crippen LogP contribution in [0.4, 0.5) is 0 Å². The fourth-order valence-corrected chi connectivity index (χ4v) is 5.84. The number of hydrogen-bond acceptors (Lipinski definition) is 5. The van der Waals surface area contributed by atoms with E-state index in [4.69, 9.17) is 9.97 Å². The van der Waals surface area contributed by atoms with Gasteiger partial charge in [0.15, 0.2) is 0 Å². The molecule has 2 aliphatic rings. The monoisotopic (exact) mass is 478 g/mol. The number of unbranched alkanes of at least 4 members (excludes halogenated alkanes) is 1. The van der Waals surface area contributed by atoms with Crippen molar-refractivity contribution >= 4 is 6.08 Å². The van der Waals surface area contributed by atoms with Crippen LogP contribution >= 0.6 is 0 Å². The lowest BCUT2D eigenvalue weighted by Gasteiger charge is -2.32. The highest BCUT2D eigenvalue weighted by atomic mass is 15.3. The second-order valence-electron chi connectivity index (χ2n) is 10.3. The van der Waals surface area contributed by atoms with E-state index in [0.29, 0.717) is 6.04 Å². The van der Waals surface area contributed by atoms with Crippen molar-refractivity contribution in [1.82, 2.24) is 29.2 Å². The molecule has 1 fully saturated rings. The van der Waals surface area contributed by atoms with Crippen LogP contribution in [0, 0.1) is 0 Å². The summed E-state index contributed by atoms with van der Waals surface area (Å²) in [6, 6.07) is 4.70. The van der Waals surface area contributed by atoms with Gasteiger partial charge in [0.25, 0.3) is 0 Å². The number of imidazole rings is 1. The first-order chi connectivity index (χ1) is 17.1. The molecule has 1 saturated heterocycles. The van der Waals surface area contributed by atoms with Crippen LogP contribution < -0.4 is 0 Å². The normalized spacial score (nSPS) is 20.0. The van der Waals surface area contributed by atoms with Gasteiger partial charge < -0.3 is 9.47 Å². The first kappa shape index (κ1) is 26.1. The van der Waals surface area contributed by atoms with Crippen LogP contribution in [-0.2, 0) is 26.1 Å². The molecule has 1 unspecified atom stereocenters. The lowest BCUT2D eigenvalue weighted by atomic mass is 9.91. The summed E-state index contributed by atoms with van der Waals surface area (Å²) in [6.07, 6.45) is 14.7. The van der Waals surface area contributed by atoms with Gasteiger partial charge in [-0.15, -0.1) is 0 Å². The number of fused-ring (bicyclic) bond motifs is 1. The van der Waals surface area contributed by atoms with Gasteiger partial charge in [0.05, 0.1) is 24.1 Å². The summed E-state index contributed by atoms with van der Waals surface area (Å²) in [6.45, 7) is 14.4. The topological polar surface area (TPSA) is 40.4 Å². The molecule has 2 aromatic rings. The molecular formula is C29H46N6. The van der Waals surface area contributed by atoms with E-state index in [2.05, 4.69) is 71.4 Å². The summed E-state index contributed by atoms with van der Waals surface area (Å²) in [4.78, 5) is 17.7. The molecule has 35 heavy (non-hydrogen) atoms. The predicted molar refractivity (Wildman–Crippen MR) is 145 cm³/mol. The van der Waals surface area contributed by atoms with Crippen molar-refractivity contribution in [3.05, 3.63) is 52.9 Å². The number of hydrogen-bond donors (Lipinski definition) is 0. The Kier molecular flexibility index (Phi) is 9.52. The van der Waals surface area contributed by atoms with Gasteiger partial charge in [-0.2, -0.15) is 0 Å². The fourth-order valence-electron chi connectivity index (χ4n) is 5.84. The predicted octanol–water partition coefficient (Wildman–Crippen LogP) is 5.15. The van der Waals surface area contributed by atoms with E-state index in [1.54, 1.807) is 0 Å². The minimum absolute atomic E-state index is 0.375. The maximum absolute atomic E-state index is 5.18. The maximum Gasteiger partial charge on any atom is 0.133 e. The Morgan fingerprint density at radius 3 is 2.74 bits per heavy atom. The van der Waals surface area contributed by atoms with Crippen molar-refractivity contribution < 1.29 is 0 Å². The average Bonchev–Trinajstić information content (AvgIpc) is 3.03. The Morgan fingerprint density at radius 1 is 1.11 bits per heavy atom. The number of allylic oxidation sites excluding steroid dienone is 1. The number of pyridine rings is 1. The number of nitrogens with zero attached hydrogens (tertiary/aromatic N) is 6. The lowest BCUT2D eigenvalue weighted by Crippen LogP contribution is -2.33. The van der Waals surface area contributed by atoms with Crippen molar-refractivity contribution in [2.75, 3.05) is 39.8 Å². The fraction of sp³-hybridized carbons (Fsp3) is 0.655. The van der Waals surface area contributed by atoms with E-state index < -0.39 is 0 Å². The molecule has 0 bridgehead atoms. The number of aryl methyl sites for hydroxylation is 1. The minimum Gasteiger partial charge on any atom is -0.315 e. The molecule has 6 nitrogen and oxygen atoms in total. The first-order valence-electron chi connectivity index (χ1n) is 13.9. The largest absolute Gasteiger partial charge is 0.315 e. The molecule has 0 saturated carbocycles. The molecule has 0 aromatic carbocycles. The highest BCUT2D eigenvalue weighted by Gasteiger charge is 2.27. The van der Waals surface area contributed by atoms with E-state index in [9.17, 15) is 0 Å². The maximum atomic E-state index is 5.18. The summed E-state index contributed by atoms with van der Waals surface area (Å²) in [5.41, 5.74) is 5.30. The van der Waals surface area contributed by atoms with Gasteiger partial charge in [-0.1, -0.05) is 32.4 Å². The highest BCUT2D eigenvalue weighted by molar-refractivity contribution is 5.42. The second kappa shape index (κ2) is 12.8. The van der Waals surface area contributed by atoms with Gasteiger partial charge in [0.2, 0.25) is 0 Å². The van der Waals surface area contributed by atoms with Crippen molar-refractivity contribution in [3.8, 4) is 0 Å². The molecule has 6 heteroatoms. The van der Waals surface area contributed by atoms with Crippen molar-refractivity contribution in [1.29, 1.82) is 0 Å². The van der Waals surface area contributed by atoms with Crippen LogP contribution in [0.5, 0.6) is 0 Å². The summed E-state index contributed by atoms with van der Waals surface area (Å²) in [7, 11) is 2.25. The van der Waals surface area contributed by atoms with Gasteiger partial charge in [0.1, 0.15) is 5.82 Å². The Balaban J connectivity index is 1.51. The van der Waals surface area contributed by atoms with Crippen LogP contribution in [0.25, 0.3) is 6.08 Å². The van der Waals surface area contributed by atoms with E-state index in [-0.39, 0.29) is 0 Å². The molecule has 1 aliphatic heterocycles. The van der Waals surface area contributed by atoms with Gasteiger partial charge >= 0.3 is 0 Å². The summed E-state index contributed by atoms with van der Waals surface area (Å²) < 4.78 is 2.48. The molecule has 0 amide bonds. The molecular weight excluding hydrogens is 432 g/mol. The van der Waals surface area contributed by atoms with E-state index in [1.807, 2.05) is 6.20 Å². The highest BCUT2D eigenvalue weighted by Crippen LogP contribution is 2.33. The summed E-state index contributed by atoms with van der Waals surface area (Å²) in [5, 5.41) is 0. The summed E-state index contributed by atoms with van der Waals surface area (Å²) in [5.74, 6) is 1.10. The second-order valence-corrected chi connectivity index (χ2v) is 10.3. The number of rotatable bonds is 10. The molecule has 2 aromatic heterocycles. The zero-order valence-electron chi connectivity index (χ0n) is 22.5. The molecule has 1 atom stereocenters. The Morgan fingerprint density at radius 2 is 1.94 bits per heavy atom. The van der Waals surface area contributed by atoms with Crippen molar-refractivity contribution in [2.24, 2.45) is 0 Å². The van der Waals surface area contributed by atoms with E-state index >= 15 is 0 Å². The Hall–Kier alpha value is -2.02. The minimum atomic E-state index is 0.375. The molecule has 0 N–H and O–H groups in total. The Labute approximate surface area is 213 Å². The third-order valence-electron chi connectivity index (χ3n) is 7.78. The van der Waals surface area contributed by atoms with Crippen molar-refractivity contribution in [3.63, 3.8) is 0 Å². The summed E-state index contributed by atoms with van der Waals surface area (Å²) >= 11 is 0. The molecule has 0 radical (unpaired) electrons. The molecule has 3 heterocycles. The molecule has 4 rings (SSSR count). The van der Waals surface area contributed by atoms with E-state index in [1.165, 1.54) is 80.9 Å². The van der Waals surface area contributed by atoms with E-state index in [0.717, 1.165) is 38.4 Å². The standard InChI is InChI=1S/C29H46N6/c1-5-8-17-33-18-11-19-34(21-20-33)23-35-26(7-3)25(31-28(35)12-6-2)22-32(4)27-15-9-13-24-14-10-16-30-29(24)27/h6,10,12,14,16,27H,5,7-9,11,13,15,17-23H2,1-4H3/b12-6-. The quantitative estimate of drug-likeness (QED) is 0.472. The van der Waals surface area contributed by atoms with Crippen LogP contribution in [0.15, 0.2) is 24.4 Å². The molecule has 192 valence electrons. The smallest absolute Gasteiger partial charge is 0.133 e. The van der Waals surface area contributed by atoms with Crippen molar-refractivity contribution in [2.45, 2.75) is 85.0 Å². The van der Waals surface area contributed by atoms with Crippen LogP contribution in [0.3, 0.4) is 0 Å². The van der Waals surface area contributed by atoms with Gasteiger partial charge in [0, 0.05) is 38.1 Å². The van der Waals surface area contributed by atoms with Crippen LogP contribution in [-0.4, -0.2) is 69.0 Å². The number of aromatic nitrogens is 3. The van der Waals surface area contributed by atoms with Crippen LogP contribution in [0.1, 0.15) is 87.4 Å². The zero-order valence-corrected chi connectivity index (χ0v) is 22.5. The lowest BCUT2D eigenvalue weighted by molar-refractivity contribution is 0.204. The van der Waals surface area contributed by atoms with Gasteiger partial charge in [-0.05, 0) is 83.3 Å². The van der Waals surface area contributed by atoms with Gasteiger partial charge in [-0.25, -0.2) is 4.98 Å². The zero-order chi connectivity index (χ0) is 24.6. The third kappa shape index (κ3) is 6.41. The molecule has 0 spiro atoms. The average molecular weight is 479 g/mol. The van der Waals surface area contributed by atoms with Gasteiger partial charge in [-0.3, -0.25) is 14.8 Å². The SMILES string of the molecule is C/C=C\c1nc(CN(C)C2CCCc3cccnc32)c(CC)n1CN1CCCN(CCCC)CC1. The molecule has 1 aliphatic carbocycles. The van der Waals surface area contributed by atoms with Crippen LogP contribution in [0.2, 0.25) is 0 Å². The first-order valence-corrected chi connectivity index (χ1v) is 13.9. The Bertz CT molecular complexity index is 964.